The van der Waals surface area contributed by atoms with Gasteiger partial charge in [-0.1, -0.05) is 6.58 Å². The van der Waals surface area contributed by atoms with Crippen molar-refractivity contribution in [3.05, 3.63) is 12.7 Å². The number of ether oxygens (including phenoxy) is 2. The Hall–Kier alpha value is -1.45. The molecule has 0 saturated carbocycles. The zero-order valence-electron chi connectivity index (χ0n) is 10.4. The monoisotopic (exact) mass is 303 g/mol. The van der Waals surface area contributed by atoms with Crippen molar-refractivity contribution in [2.24, 2.45) is 0 Å². The van der Waals surface area contributed by atoms with E-state index >= 15 is 0 Å². The molecule has 20 heavy (non-hydrogen) atoms. The van der Waals surface area contributed by atoms with E-state index in [2.05, 4.69) is 11.9 Å². The normalized spacial score (nSPS) is 39.5. The first-order valence-corrected chi connectivity index (χ1v) is 7.57. The van der Waals surface area contributed by atoms with Gasteiger partial charge >= 0.3 is 5.97 Å². The van der Waals surface area contributed by atoms with E-state index in [-0.39, 0.29) is 13.0 Å². The van der Waals surface area contributed by atoms with Crippen molar-refractivity contribution >= 4 is 22.0 Å². The molecule has 3 rings (SSSR count). The molecule has 8 nitrogen and oxygen atoms in total. The smallest absolute Gasteiger partial charge is 0.325 e. The first-order chi connectivity index (χ1) is 9.42. The summed E-state index contributed by atoms with van der Waals surface area (Å²) in [6, 6.07) is 0. The molecule has 0 aromatic carbocycles. The van der Waals surface area contributed by atoms with Crippen LogP contribution in [0.3, 0.4) is 0 Å². The molecule has 5 atom stereocenters. The van der Waals surface area contributed by atoms with Gasteiger partial charge in [-0.05, 0) is 12.5 Å². The lowest BCUT2D eigenvalue weighted by Crippen LogP contribution is -2.43. The summed E-state index contributed by atoms with van der Waals surface area (Å²) in [6.45, 7) is 2.93. The second-order valence-corrected chi connectivity index (χ2v) is 6.63. The second kappa shape index (κ2) is 4.54. The summed E-state index contributed by atoms with van der Waals surface area (Å²) in [6.07, 6.45) is -1.26. The minimum atomic E-state index is -3.63. The highest BCUT2D eigenvalue weighted by molar-refractivity contribution is 7.87. The molecule has 9 heteroatoms. The third-order valence-corrected chi connectivity index (χ3v) is 5.35. The Labute approximate surface area is 115 Å². The molecular weight excluding hydrogens is 290 g/mol. The minimum Gasteiger partial charge on any atom is -0.455 e. The quantitative estimate of drug-likeness (QED) is 0.381. The van der Waals surface area contributed by atoms with Crippen molar-refractivity contribution < 1.29 is 31.7 Å². The van der Waals surface area contributed by atoms with E-state index in [1.165, 1.54) is 0 Å². The van der Waals surface area contributed by atoms with E-state index < -0.39 is 51.7 Å². The molecule has 0 aromatic rings. The molecule has 3 fully saturated rings. The van der Waals surface area contributed by atoms with E-state index in [0.717, 1.165) is 6.08 Å². The SMILES string of the molecule is C=CC(=O)NCC(=O)OC1C2CC3C(O2)C1OS3(=O)=O. The van der Waals surface area contributed by atoms with Gasteiger partial charge in [-0.2, -0.15) is 8.42 Å². The van der Waals surface area contributed by atoms with Gasteiger partial charge in [0.1, 0.15) is 24.0 Å². The van der Waals surface area contributed by atoms with Gasteiger partial charge in [-0.15, -0.1) is 0 Å². The van der Waals surface area contributed by atoms with Crippen LogP contribution in [0.5, 0.6) is 0 Å². The van der Waals surface area contributed by atoms with Gasteiger partial charge in [0, 0.05) is 0 Å². The van der Waals surface area contributed by atoms with Gasteiger partial charge in [0.05, 0.1) is 6.10 Å². The molecule has 2 bridgehead atoms. The zero-order chi connectivity index (χ0) is 14.5. The number of rotatable bonds is 4. The van der Waals surface area contributed by atoms with Crippen LogP contribution in [-0.4, -0.2) is 56.5 Å². The van der Waals surface area contributed by atoms with Gasteiger partial charge in [0.15, 0.2) is 6.10 Å². The fourth-order valence-electron chi connectivity index (χ4n) is 2.79. The molecule has 3 heterocycles. The van der Waals surface area contributed by atoms with E-state index in [0.29, 0.717) is 0 Å². The number of hydrogen-bond donors (Lipinski definition) is 1. The predicted octanol–water partition coefficient (Wildman–Crippen LogP) is -1.53. The van der Waals surface area contributed by atoms with Crippen LogP contribution < -0.4 is 5.32 Å². The maximum absolute atomic E-state index is 11.7. The first kappa shape index (κ1) is 13.5. The standard InChI is InChI=1S/C11H13NO7S/c1-2-7(13)12-4-8(14)18-9-5-3-6-10(17-5)11(9)19-20(6,15)16/h2,5-6,9-11H,1,3-4H2,(H,12,13). The Morgan fingerprint density at radius 3 is 2.85 bits per heavy atom. The van der Waals surface area contributed by atoms with Crippen LogP contribution in [0.15, 0.2) is 12.7 Å². The van der Waals surface area contributed by atoms with Crippen LogP contribution in [0.4, 0.5) is 0 Å². The Morgan fingerprint density at radius 1 is 1.40 bits per heavy atom. The summed E-state index contributed by atoms with van der Waals surface area (Å²) < 4.78 is 38.9. The third-order valence-electron chi connectivity index (χ3n) is 3.65. The molecule has 0 radical (unpaired) electrons. The number of nitrogens with one attached hydrogen (secondary N) is 1. The molecule has 0 aliphatic carbocycles. The molecular formula is C11H13NO7S. The Kier molecular flexibility index (Phi) is 3.07. The van der Waals surface area contributed by atoms with Crippen LogP contribution in [0.25, 0.3) is 0 Å². The summed E-state index contributed by atoms with van der Waals surface area (Å²) in [7, 11) is -3.63. The van der Waals surface area contributed by atoms with Gasteiger partial charge in [-0.3, -0.25) is 13.8 Å². The number of esters is 1. The number of hydrogen-bond acceptors (Lipinski definition) is 7. The number of amides is 1. The van der Waals surface area contributed by atoms with Crippen molar-refractivity contribution in [1.29, 1.82) is 0 Å². The van der Waals surface area contributed by atoms with Crippen LogP contribution in [-0.2, 0) is 33.4 Å². The second-order valence-electron chi connectivity index (χ2n) is 4.84. The third kappa shape index (κ3) is 2.02. The molecule has 1 N–H and O–H groups in total. The van der Waals surface area contributed by atoms with Crippen LogP contribution in [0, 0.1) is 0 Å². The summed E-state index contributed by atoms with van der Waals surface area (Å²) in [5.41, 5.74) is 0. The maximum Gasteiger partial charge on any atom is 0.325 e. The van der Waals surface area contributed by atoms with Crippen molar-refractivity contribution in [3.63, 3.8) is 0 Å². The molecule has 1 amide bonds. The lowest BCUT2D eigenvalue weighted by molar-refractivity contribution is -0.154. The Bertz CT molecular complexity index is 571. The van der Waals surface area contributed by atoms with Gasteiger partial charge < -0.3 is 14.8 Å². The van der Waals surface area contributed by atoms with E-state index in [4.69, 9.17) is 13.7 Å². The van der Waals surface area contributed by atoms with Crippen LogP contribution in [0.2, 0.25) is 0 Å². The van der Waals surface area contributed by atoms with Crippen molar-refractivity contribution in [1.82, 2.24) is 5.32 Å². The lowest BCUT2D eigenvalue weighted by Gasteiger charge is -2.21. The highest BCUT2D eigenvalue weighted by Crippen LogP contribution is 2.47. The maximum atomic E-state index is 11.7. The number of carbonyl (C=O) groups is 2. The average molecular weight is 303 g/mol. The molecule has 5 unspecified atom stereocenters. The molecule has 0 spiro atoms. The predicted molar refractivity (Wildman–Crippen MR) is 63.9 cm³/mol. The zero-order valence-corrected chi connectivity index (χ0v) is 11.2. The number of carbonyl (C=O) groups excluding carboxylic acids is 2. The Balaban J connectivity index is 1.62. The van der Waals surface area contributed by atoms with Crippen molar-refractivity contribution in [2.45, 2.75) is 36.1 Å². The van der Waals surface area contributed by atoms with Gasteiger partial charge in [-0.25, -0.2) is 0 Å². The minimum absolute atomic E-state index is 0.264. The highest BCUT2D eigenvalue weighted by atomic mass is 32.2. The molecule has 3 saturated heterocycles. The fraction of sp³-hybridized carbons (Fsp3) is 0.636. The van der Waals surface area contributed by atoms with Gasteiger partial charge in [0.2, 0.25) is 5.91 Å². The van der Waals surface area contributed by atoms with E-state index in [1.54, 1.807) is 0 Å². The van der Waals surface area contributed by atoms with Crippen molar-refractivity contribution in [3.8, 4) is 0 Å². The summed E-state index contributed by atoms with van der Waals surface area (Å²) in [5.74, 6) is -1.17. The molecule has 0 aromatic heterocycles. The average Bonchev–Trinajstić information content (AvgIpc) is 3.00. The van der Waals surface area contributed by atoms with Gasteiger partial charge in [0.25, 0.3) is 10.1 Å². The summed E-state index contributed by atoms with van der Waals surface area (Å²) in [4.78, 5) is 22.5. The van der Waals surface area contributed by atoms with E-state index in [1.807, 2.05) is 0 Å². The highest BCUT2D eigenvalue weighted by Gasteiger charge is 2.67. The lowest BCUT2D eigenvalue weighted by atomic mass is 9.94. The number of fused-ring (bicyclic) bond motifs is 1. The Morgan fingerprint density at radius 2 is 2.15 bits per heavy atom. The topological polar surface area (TPSA) is 108 Å². The van der Waals surface area contributed by atoms with Crippen molar-refractivity contribution in [2.75, 3.05) is 6.54 Å². The molecule has 3 aliphatic heterocycles. The van der Waals surface area contributed by atoms with E-state index in [9.17, 15) is 18.0 Å². The molecule has 3 aliphatic rings. The largest absolute Gasteiger partial charge is 0.455 e. The summed E-state index contributed by atoms with van der Waals surface area (Å²) in [5, 5.41) is 1.62. The first-order valence-electron chi connectivity index (χ1n) is 6.09. The van der Waals surface area contributed by atoms with Crippen LogP contribution >= 0.6 is 0 Å². The fourth-order valence-corrected chi connectivity index (χ4v) is 4.44. The van der Waals surface area contributed by atoms with Crippen LogP contribution in [0.1, 0.15) is 6.42 Å². The molecule has 110 valence electrons. The summed E-state index contributed by atoms with van der Waals surface area (Å²) >= 11 is 0.